The topological polar surface area (TPSA) is 142 Å². The lowest BCUT2D eigenvalue weighted by atomic mass is 9.86. The molecule has 0 unspecified atom stereocenters. The van der Waals surface area contributed by atoms with Crippen molar-refractivity contribution in [3.63, 3.8) is 0 Å². The van der Waals surface area contributed by atoms with E-state index in [9.17, 15) is 18.0 Å². The number of fused-ring (bicyclic) bond motifs is 1. The third-order valence-corrected chi connectivity index (χ3v) is 11.7. The second kappa shape index (κ2) is 12.9. The number of para-hydroxylation sites is 1. The highest BCUT2D eigenvalue weighted by Gasteiger charge is 2.39. The number of rotatable bonds is 8. The molecule has 6 rings (SSSR count). The van der Waals surface area contributed by atoms with E-state index in [-0.39, 0.29) is 29.1 Å². The fourth-order valence-corrected chi connectivity index (χ4v) is 8.92. The minimum absolute atomic E-state index is 0.0694. The molecular weight excluding hydrogens is 639 g/mol. The van der Waals surface area contributed by atoms with E-state index in [1.54, 1.807) is 39.1 Å². The lowest BCUT2D eigenvalue weighted by Crippen LogP contribution is -2.38. The number of nitrogens with zero attached hydrogens (tertiary/aromatic N) is 3. The number of carbonyl (C=O) groups is 2. The van der Waals surface area contributed by atoms with Gasteiger partial charge in [0.25, 0.3) is 0 Å². The van der Waals surface area contributed by atoms with Crippen LogP contribution in [0.15, 0.2) is 53.6 Å². The van der Waals surface area contributed by atoms with Gasteiger partial charge in [0, 0.05) is 34.8 Å². The van der Waals surface area contributed by atoms with Gasteiger partial charge in [-0.05, 0) is 97.4 Å². The zero-order valence-electron chi connectivity index (χ0n) is 27.3. The molecule has 0 atom stereocenters. The summed E-state index contributed by atoms with van der Waals surface area (Å²) < 4.78 is 39.5. The van der Waals surface area contributed by atoms with Gasteiger partial charge in [0.15, 0.2) is 15.7 Å². The zero-order valence-corrected chi connectivity index (χ0v) is 28.9. The summed E-state index contributed by atoms with van der Waals surface area (Å²) in [5.41, 5.74) is 1.04. The molecule has 2 fully saturated rings. The average Bonchev–Trinajstić information content (AvgIpc) is 3.66. The Balaban J connectivity index is 1.25. The van der Waals surface area contributed by atoms with Crippen LogP contribution >= 0.6 is 11.3 Å². The van der Waals surface area contributed by atoms with Crippen molar-refractivity contribution in [1.82, 2.24) is 20.1 Å². The van der Waals surface area contributed by atoms with E-state index in [0.29, 0.717) is 40.8 Å². The summed E-state index contributed by atoms with van der Waals surface area (Å²) in [6.07, 6.45) is 5.30. The molecule has 4 aromatic rings. The number of sulfone groups is 1. The van der Waals surface area contributed by atoms with E-state index in [0.717, 1.165) is 35.6 Å². The van der Waals surface area contributed by atoms with Crippen molar-refractivity contribution in [3.05, 3.63) is 53.7 Å². The first-order chi connectivity index (χ1) is 22.3. The summed E-state index contributed by atoms with van der Waals surface area (Å²) in [6.45, 7) is 9.03. The van der Waals surface area contributed by atoms with Crippen molar-refractivity contribution < 1.29 is 27.5 Å². The maximum absolute atomic E-state index is 13.8. The molecule has 0 spiro atoms. The van der Waals surface area contributed by atoms with Crippen molar-refractivity contribution in [2.24, 2.45) is 0 Å². The van der Waals surface area contributed by atoms with Gasteiger partial charge in [-0.15, -0.1) is 16.4 Å². The number of anilines is 2. The summed E-state index contributed by atoms with van der Waals surface area (Å²) in [4.78, 5) is 30.8. The Hall–Kier alpha value is -3.97. The molecule has 0 aliphatic heterocycles. The van der Waals surface area contributed by atoms with E-state index >= 15 is 0 Å². The average molecular weight is 680 g/mol. The fraction of sp³-hybridized carbons (Fsp3) is 0.471. The normalized spacial score (nSPS) is 18.7. The van der Waals surface area contributed by atoms with Gasteiger partial charge in [-0.2, -0.15) is 4.68 Å². The predicted molar refractivity (Wildman–Crippen MR) is 182 cm³/mol. The summed E-state index contributed by atoms with van der Waals surface area (Å²) in [7, 11) is -3.59. The number of nitrogens with one attached hydrogen (secondary N) is 2. The number of carbonyl (C=O) groups excluding carboxylic acids is 2. The zero-order chi connectivity index (χ0) is 33.5. The minimum Gasteiger partial charge on any atom is -0.447 e. The second-order valence-electron chi connectivity index (χ2n) is 13.5. The second-order valence-corrected chi connectivity index (χ2v) is 16.8. The van der Waals surface area contributed by atoms with Crippen LogP contribution in [0, 0.1) is 0 Å². The van der Waals surface area contributed by atoms with E-state index in [1.165, 1.54) is 16.0 Å². The Morgan fingerprint density at radius 3 is 2.43 bits per heavy atom. The minimum atomic E-state index is -3.59. The number of hydrogen-bond donors (Lipinski definition) is 2. The number of thiazole rings is 1. The van der Waals surface area contributed by atoms with Gasteiger partial charge in [0.1, 0.15) is 5.60 Å². The van der Waals surface area contributed by atoms with Gasteiger partial charge in [0.2, 0.25) is 0 Å². The highest BCUT2D eigenvalue weighted by Crippen LogP contribution is 2.43. The van der Waals surface area contributed by atoms with Crippen molar-refractivity contribution in [1.29, 1.82) is 0 Å². The Bertz CT molecular complexity index is 1900. The molecule has 47 heavy (non-hydrogen) atoms. The summed E-state index contributed by atoms with van der Waals surface area (Å²) in [5, 5.41) is 12.0. The van der Waals surface area contributed by atoms with Gasteiger partial charge < -0.3 is 20.1 Å². The third kappa shape index (κ3) is 7.46. The molecule has 2 heterocycles. The quantitative estimate of drug-likeness (QED) is 0.191. The Morgan fingerprint density at radius 2 is 1.74 bits per heavy atom. The fourth-order valence-electron chi connectivity index (χ4n) is 5.84. The number of aromatic nitrogens is 3. The van der Waals surface area contributed by atoms with Crippen LogP contribution in [-0.4, -0.2) is 58.4 Å². The maximum atomic E-state index is 13.8. The van der Waals surface area contributed by atoms with Crippen LogP contribution in [0.2, 0.25) is 0 Å². The highest BCUT2D eigenvalue weighted by molar-refractivity contribution is 7.92. The van der Waals surface area contributed by atoms with Crippen LogP contribution in [-0.2, 0) is 19.3 Å². The molecule has 2 aliphatic rings. The first-order valence-corrected chi connectivity index (χ1v) is 18.4. The van der Waals surface area contributed by atoms with E-state index in [1.807, 2.05) is 44.2 Å². The Labute approximate surface area is 279 Å². The molecule has 0 radical (unpaired) electrons. The number of alkyl carbamates (subject to hydrolysis) is 1. The molecule has 1 amide bonds. The molecule has 2 N–H and O–H groups in total. The van der Waals surface area contributed by atoms with Crippen molar-refractivity contribution in [2.45, 2.75) is 107 Å². The number of ether oxygens (including phenoxy) is 2. The van der Waals surface area contributed by atoms with Crippen molar-refractivity contribution in [2.75, 3.05) is 5.32 Å². The molecule has 2 saturated carbocycles. The predicted octanol–water partition coefficient (Wildman–Crippen LogP) is 7.78. The number of amides is 1. The summed E-state index contributed by atoms with van der Waals surface area (Å²) >= 11 is 1.53. The maximum Gasteiger partial charge on any atom is 0.435 e. The summed E-state index contributed by atoms with van der Waals surface area (Å²) in [5.74, 6) is 0.655. The lowest BCUT2D eigenvalue weighted by molar-refractivity contribution is 0.0523. The van der Waals surface area contributed by atoms with Crippen molar-refractivity contribution >= 4 is 55.8 Å². The van der Waals surface area contributed by atoms with Crippen LogP contribution in [0.3, 0.4) is 0 Å². The molecule has 11 nitrogen and oxygen atoms in total. The van der Waals surface area contributed by atoms with Gasteiger partial charge in [0.05, 0.1) is 31.7 Å². The number of benzene rings is 2. The van der Waals surface area contributed by atoms with E-state index < -0.39 is 26.8 Å². The molecule has 2 aliphatic carbocycles. The monoisotopic (exact) mass is 679 g/mol. The molecule has 13 heteroatoms. The lowest BCUT2D eigenvalue weighted by Gasteiger charge is -2.28. The first-order valence-electron chi connectivity index (χ1n) is 16.1. The van der Waals surface area contributed by atoms with Gasteiger partial charge >= 0.3 is 12.2 Å². The Morgan fingerprint density at radius 1 is 1.02 bits per heavy atom. The van der Waals surface area contributed by atoms with Gasteiger partial charge in [-0.3, -0.25) is 0 Å². The smallest absolute Gasteiger partial charge is 0.435 e. The highest BCUT2D eigenvalue weighted by atomic mass is 32.2. The molecule has 0 bridgehead atoms. The number of hydrogen-bond acceptors (Lipinski definition) is 10. The van der Waals surface area contributed by atoms with Gasteiger partial charge in [-0.1, -0.05) is 18.2 Å². The van der Waals surface area contributed by atoms with Crippen molar-refractivity contribution in [3.8, 4) is 10.4 Å². The van der Waals surface area contributed by atoms with E-state index in [2.05, 4.69) is 15.7 Å². The van der Waals surface area contributed by atoms with Crippen LogP contribution in [0.4, 0.5) is 21.1 Å². The van der Waals surface area contributed by atoms with Crippen LogP contribution < -0.4 is 10.6 Å². The standard InChI is InChI=1S/C34H41N5O6S2/c1-20(2)44-32(40)37-22-12-10-21(11-13-22)31-35-19-28(46-31)26-17-14-23(18-29(26)47(42,43)24-15-16-24)36-30-25-8-6-7-9-27(25)39(38-30)33(41)45-34(3,4)5/h6-9,14,17-22,24H,10-13,15-16H2,1-5H3,(H,36,38)(H,37,40)/t21-,22-. The molecular formula is C34H41N5O6S2. The summed E-state index contributed by atoms with van der Waals surface area (Å²) in [6, 6.07) is 12.7. The molecule has 250 valence electrons. The first kappa shape index (κ1) is 33.0. The van der Waals surface area contributed by atoms with Crippen LogP contribution in [0.25, 0.3) is 21.3 Å². The molecule has 2 aromatic carbocycles. The molecule has 0 saturated heterocycles. The van der Waals surface area contributed by atoms with Crippen LogP contribution in [0.5, 0.6) is 0 Å². The van der Waals surface area contributed by atoms with Crippen LogP contribution in [0.1, 0.15) is 84.1 Å². The van der Waals surface area contributed by atoms with E-state index in [4.69, 9.17) is 14.5 Å². The third-order valence-electron chi connectivity index (χ3n) is 8.20. The Kier molecular flexibility index (Phi) is 9.05. The van der Waals surface area contributed by atoms with Gasteiger partial charge in [-0.25, -0.2) is 23.0 Å². The SMILES string of the molecule is CC(C)OC(=O)N[C@H]1CC[C@H](c2ncc(-c3ccc(Nc4nn(C(=O)OC(C)(C)C)c5ccccc45)cc3S(=O)(=O)C3CC3)s2)CC1. The molecule has 2 aromatic heterocycles. The largest absolute Gasteiger partial charge is 0.447 e.